The fourth-order valence-corrected chi connectivity index (χ4v) is 6.84. The number of benzene rings is 4. The number of rotatable bonds is 13. The van der Waals surface area contributed by atoms with E-state index in [1.807, 2.05) is 76.2 Å². The highest BCUT2D eigenvalue weighted by molar-refractivity contribution is 7.92. The zero-order valence-electron chi connectivity index (χ0n) is 26.1. The van der Waals surface area contributed by atoms with Gasteiger partial charge in [0.25, 0.3) is 10.0 Å². The smallest absolute Gasteiger partial charge is 0.264 e. The molecule has 0 saturated heterocycles. The van der Waals surface area contributed by atoms with Crippen LogP contribution in [0.1, 0.15) is 43.0 Å². The lowest BCUT2D eigenvalue weighted by Gasteiger charge is -2.34. The average molecular weight is 646 g/mol. The van der Waals surface area contributed by atoms with Gasteiger partial charge in [-0.2, -0.15) is 0 Å². The number of amides is 2. The average Bonchev–Trinajstić information content (AvgIpc) is 3.01. The number of aryl methyl sites for hydroxylation is 2. The number of halogens is 1. The van der Waals surface area contributed by atoms with Crippen LogP contribution in [0, 0.1) is 6.92 Å². The van der Waals surface area contributed by atoms with Crippen molar-refractivity contribution >= 4 is 39.1 Å². The highest BCUT2D eigenvalue weighted by Crippen LogP contribution is 2.29. The van der Waals surface area contributed by atoms with Gasteiger partial charge in [0.2, 0.25) is 11.8 Å². The Balaban J connectivity index is 1.83. The zero-order valence-corrected chi connectivity index (χ0v) is 27.7. The summed E-state index contributed by atoms with van der Waals surface area (Å²) in [6.07, 6.45) is 0.798. The Morgan fingerprint density at radius 2 is 1.49 bits per heavy atom. The maximum Gasteiger partial charge on any atom is 0.264 e. The van der Waals surface area contributed by atoms with Crippen LogP contribution in [0.2, 0.25) is 5.02 Å². The lowest BCUT2D eigenvalue weighted by Crippen LogP contribution is -2.54. The van der Waals surface area contributed by atoms with Crippen molar-refractivity contribution < 1.29 is 18.0 Å². The number of carbonyl (C=O) groups excluding carboxylic acids is 2. The number of hydrogen-bond donors (Lipinski definition) is 1. The summed E-state index contributed by atoms with van der Waals surface area (Å²) in [7, 11) is -4.17. The molecule has 9 heteroatoms. The predicted octanol–water partition coefficient (Wildman–Crippen LogP) is 6.57. The molecule has 0 aliphatic heterocycles. The third-order valence-electron chi connectivity index (χ3n) is 7.47. The third kappa shape index (κ3) is 8.74. The molecule has 7 nitrogen and oxygen atoms in total. The van der Waals surface area contributed by atoms with Gasteiger partial charge in [0.1, 0.15) is 12.6 Å². The first-order valence-electron chi connectivity index (χ1n) is 15.0. The van der Waals surface area contributed by atoms with Gasteiger partial charge in [-0.15, -0.1) is 0 Å². The van der Waals surface area contributed by atoms with Crippen LogP contribution in [0.5, 0.6) is 0 Å². The van der Waals surface area contributed by atoms with Gasteiger partial charge in [-0.3, -0.25) is 13.9 Å². The SMILES string of the molecule is CCc1ccccc1N(CC(=O)N(Cc1cccc(Cl)c1)C(Cc1ccccc1)C(=O)NC(C)C)S(=O)(=O)c1ccc(C)cc1. The minimum absolute atomic E-state index is 0.0518. The van der Waals surface area contributed by atoms with E-state index < -0.39 is 28.5 Å². The summed E-state index contributed by atoms with van der Waals surface area (Å²) in [5, 5.41) is 3.46. The number of hydrogen-bond acceptors (Lipinski definition) is 4. The Hall–Kier alpha value is -4.14. The molecule has 0 fully saturated rings. The minimum atomic E-state index is -4.17. The van der Waals surface area contributed by atoms with Crippen LogP contribution in [-0.4, -0.2) is 43.8 Å². The number of sulfonamides is 1. The fourth-order valence-electron chi connectivity index (χ4n) is 5.17. The molecule has 1 unspecified atom stereocenters. The Labute approximate surface area is 271 Å². The van der Waals surface area contributed by atoms with E-state index in [0.717, 1.165) is 16.7 Å². The summed E-state index contributed by atoms with van der Waals surface area (Å²) in [5.74, 6) is -0.845. The summed E-state index contributed by atoms with van der Waals surface area (Å²) in [6.45, 7) is 7.09. The molecule has 1 atom stereocenters. The number of nitrogens with one attached hydrogen (secondary N) is 1. The molecule has 0 bridgehead atoms. The third-order valence-corrected chi connectivity index (χ3v) is 9.48. The van der Waals surface area contributed by atoms with Crippen LogP contribution in [0.15, 0.2) is 108 Å². The van der Waals surface area contributed by atoms with Gasteiger partial charge in [-0.25, -0.2) is 8.42 Å². The van der Waals surface area contributed by atoms with Gasteiger partial charge >= 0.3 is 0 Å². The van der Waals surface area contributed by atoms with E-state index >= 15 is 0 Å². The summed E-state index contributed by atoms with van der Waals surface area (Å²) in [6, 6.07) is 29.2. The molecular formula is C36H40ClN3O4S. The zero-order chi connectivity index (χ0) is 32.6. The quantitative estimate of drug-likeness (QED) is 0.178. The van der Waals surface area contributed by atoms with Crippen LogP contribution < -0.4 is 9.62 Å². The van der Waals surface area contributed by atoms with Gasteiger partial charge in [0.05, 0.1) is 10.6 Å². The number of carbonyl (C=O) groups is 2. The molecular weight excluding hydrogens is 606 g/mol. The second-order valence-corrected chi connectivity index (χ2v) is 13.6. The van der Waals surface area contributed by atoms with Crippen LogP contribution in [-0.2, 0) is 39.0 Å². The van der Waals surface area contributed by atoms with Crippen molar-refractivity contribution in [2.75, 3.05) is 10.8 Å². The molecule has 4 aromatic carbocycles. The first kappa shape index (κ1) is 33.7. The van der Waals surface area contributed by atoms with Gasteiger partial charge in [0.15, 0.2) is 0 Å². The van der Waals surface area contributed by atoms with E-state index in [-0.39, 0.29) is 29.8 Å². The maximum atomic E-state index is 14.6. The topological polar surface area (TPSA) is 86.8 Å². The Morgan fingerprint density at radius 1 is 0.844 bits per heavy atom. The largest absolute Gasteiger partial charge is 0.352 e. The lowest BCUT2D eigenvalue weighted by molar-refractivity contribution is -0.140. The van der Waals surface area contributed by atoms with Gasteiger partial charge in [-0.05, 0) is 74.2 Å². The van der Waals surface area contributed by atoms with E-state index in [1.54, 1.807) is 54.6 Å². The number of nitrogens with zero attached hydrogens (tertiary/aromatic N) is 2. The van der Waals surface area contributed by atoms with E-state index in [4.69, 9.17) is 11.6 Å². The standard InChI is InChI=1S/C36H40ClN3O4S/c1-5-30-15-9-10-17-33(30)40(45(43,44)32-20-18-27(4)19-21-32)25-35(41)39(24-29-14-11-16-31(37)22-29)34(36(42)38-26(2)3)23-28-12-7-6-8-13-28/h6-22,26,34H,5,23-25H2,1-4H3,(H,38,42). The number of anilines is 1. The molecule has 236 valence electrons. The first-order chi connectivity index (χ1) is 21.5. The maximum absolute atomic E-state index is 14.6. The monoisotopic (exact) mass is 645 g/mol. The molecule has 0 aromatic heterocycles. The molecule has 45 heavy (non-hydrogen) atoms. The molecule has 4 rings (SSSR count). The van der Waals surface area contributed by atoms with E-state index in [0.29, 0.717) is 22.7 Å². The Bertz CT molecular complexity index is 1710. The molecule has 0 aliphatic carbocycles. The van der Waals surface area contributed by atoms with E-state index in [9.17, 15) is 18.0 Å². The van der Waals surface area contributed by atoms with Crippen molar-refractivity contribution in [3.05, 3.63) is 130 Å². The van der Waals surface area contributed by atoms with E-state index in [1.165, 1.54) is 9.21 Å². The Morgan fingerprint density at radius 3 is 2.13 bits per heavy atom. The lowest BCUT2D eigenvalue weighted by atomic mass is 10.0. The van der Waals surface area contributed by atoms with Crippen molar-refractivity contribution in [2.24, 2.45) is 0 Å². The molecule has 0 aliphatic rings. The molecule has 1 N–H and O–H groups in total. The van der Waals surface area contributed by atoms with Gasteiger partial charge in [0, 0.05) is 24.0 Å². The van der Waals surface area contributed by atoms with Crippen LogP contribution in [0.4, 0.5) is 5.69 Å². The predicted molar refractivity (Wildman–Crippen MR) is 181 cm³/mol. The fraction of sp³-hybridized carbons (Fsp3) is 0.278. The molecule has 0 heterocycles. The summed E-state index contributed by atoms with van der Waals surface area (Å²) >= 11 is 6.31. The van der Waals surface area contributed by atoms with Crippen LogP contribution in [0.3, 0.4) is 0 Å². The number of para-hydroxylation sites is 1. The molecule has 4 aromatic rings. The summed E-state index contributed by atoms with van der Waals surface area (Å²) in [5.41, 5.74) is 3.70. The van der Waals surface area contributed by atoms with Gasteiger partial charge in [-0.1, -0.05) is 96.9 Å². The molecule has 2 amide bonds. The van der Waals surface area contributed by atoms with Crippen LogP contribution >= 0.6 is 11.6 Å². The van der Waals surface area contributed by atoms with Crippen molar-refractivity contribution in [1.29, 1.82) is 0 Å². The van der Waals surface area contributed by atoms with Crippen LogP contribution in [0.25, 0.3) is 0 Å². The normalized spacial score (nSPS) is 12.0. The highest BCUT2D eigenvalue weighted by atomic mass is 35.5. The van der Waals surface area contributed by atoms with Crippen molar-refractivity contribution in [1.82, 2.24) is 10.2 Å². The van der Waals surface area contributed by atoms with Crippen molar-refractivity contribution in [3.8, 4) is 0 Å². The second kappa shape index (κ2) is 15.2. The first-order valence-corrected chi connectivity index (χ1v) is 16.9. The van der Waals surface area contributed by atoms with Gasteiger partial charge < -0.3 is 10.2 Å². The highest BCUT2D eigenvalue weighted by Gasteiger charge is 2.35. The molecule has 0 radical (unpaired) electrons. The molecule has 0 saturated carbocycles. The van der Waals surface area contributed by atoms with E-state index in [2.05, 4.69) is 5.32 Å². The van der Waals surface area contributed by atoms with Crippen molar-refractivity contribution in [2.45, 2.75) is 64.1 Å². The Kier molecular flexibility index (Phi) is 11.4. The summed E-state index contributed by atoms with van der Waals surface area (Å²) in [4.78, 5) is 29.9. The second-order valence-electron chi connectivity index (χ2n) is 11.3. The minimum Gasteiger partial charge on any atom is -0.352 e. The van der Waals surface area contributed by atoms with Crippen molar-refractivity contribution in [3.63, 3.8) is 0 Å². The molecule has 0 spiro atoms. The summed E-state index contributed by atoms with van der Waals surface area (Å²) < 4.78 is 29.7.